The Kier molecular flexibility index (Phi) is 4.82. The summed E-state index contributed by atoms with van der Waals surface area (Å²) in [7, 11) is 1.27. The lowest BCUT2D eigenvalue weighted by atomic mass is 10.2. The van der Waals surface area contributed by atoms with Crippen LogP contribution in [0.1, 0.15) is 15.9 Å². The molecule has 0 fully saturated rings. The van der Waals surface area contributed by atoms with E-state index in [0.29, 0.717) is 5.56 Å². The molecule has 0 aliphatic carbocycles. The van der Waals surface area contributed by atoms with Gasteiger partial charge in [-0.3, -0.25) is 0 Å². The average molecular weight is 251 g/mol. The number of hydrogen-bond donors (Lipinski definition) is 0. The van der Waals surface area contributed by atoms with E-state index in [4.69, 9.17) is 17.1 Å². The molecule has 86 valence electrons. The second-order valence-electron chi connectivity index (χ2n) is 2.74. The molecule has 0 unspecified atom stereocenters. The third-order valence-electron chi connectivity index (χ3n) is 1.70. The van der Waals surface area contributed by atoms with Gasteiger partial charge >= 0.3 is 5.97 Å². The van der Waals surface area contributed by atoms with E-state index in [1.165, 1.54) is 19.4 Å². The molecule has 0 atom stereocenters. The number of pyridine rings is 1. The Morgan fingerprint density at radius 3 is 3.18 bits per heavy atom. The zero-order valence-corrected chi connectivity index (χ0v) is 9.60. The molecule has 17 heavy (non-hydrogen) atoms. The van der Waals surface area contributed by atoms with Crippen molar-refractivity contribution in [2.75, 3.05) is 13.7 Å². The largest absolute Gasteiger partial charge is 0.465 e. The van der Waals surface area contributed by atoms with E-state index in [1.54, 1.807) is 0 Å². The van der Waals surface area contributed by atoms with Crippen LogP contribution in [0.15, 0.2) is 17.4 Å². The number of carbonyl (C=O) groups excluding carboxylic acids is 1. The normalized spacial score (nSPS) is 8.59. The fourth-order valence-electron chi connectivity index (χ4n) is 0.967. The van der Waals surface area contributed by atoms with Crippen molar-refractivity contribution >= 4 is 17.6 Å². The summed E-state index contributed by atoms with van der Waals surface area (Å²) in [4.78, 5) is 17.6. The molecule has 0 bridgehead atoms. The lowest BCUT2D eigenvalue weighted by molar-refractivity contribution is 0.0600. The van der Waals surface area contributed by atoms with Crippen molar-refractivity contribution in [3.8, 4) is 11.8 Å². The van der Waals surface area contributed by atoms with E-state index in [1.807, 2.05) is 0 Å². The van der Waals surface area contributed by atoms with Crippen LogP contribution in [-0.4, -0.2) is 24.6 Å². The minimum absolute atomic E-state index is 0.0231. The van der Waals surface area contributed by atoms with Gasteiger partial charge in [-0.2, -0.15) is 0 Å². The fourth-order valence-corrected chi connectivity index (χ4v) is 1.12. The molecule has 1 heterocycles. The topological polar surface area (TPSA) is 88.0 Å². The van der Waals surface area contributed by atoms with Gasteiger partial charge in [0.25, 0.3) is 0 Å². The van der Waals surface area contributed by atoms with E-state index in [2.05, 4.69) is 31.6 Å². The summed E-state index contributed by atoms with van der Waals surface area (Å²) in [5.74, 6) is 4.71. The first-order valence-electron chi connectivity index (χ1n) is 4.42. The Morgan fingerprint density at radius 1 is 1.76 bits per heavy atom. The quantitative estimate of drug-likeness (QED) is 0.201. The lowest BCUT2D eigenvalue weighted by Crippen LogP contribution is -2.02. The molecular weight excluding hydrogens is 244 g/mol. The van der Waals surface area contributed by atoms with Crippen molar-refractivity contribution in [3.63, 3.8) is 0 Å². The van der Waals surface area contributed by atoms with Crippen molar-refractivity contribution in [1.29, 1.82) is 0 Å². The van der Waals surface area contributed by atoms with Crippen LogP contribution in [0, 0.1) is 11.8 Å². The van der Waals surface area contributed by atoms with Gasteiger partial charge < -0.3 is 4.74 Å². The molecule has 0 aromatic carbocycles. The van der Waals surface area contributed by atoms with Gasteiger partial charge in [0.05, 0.1) is 24.8 Å². The number of esters is 1. The van der Waals surface area contributed by atoms with Crippen molar-refractivity contribution in [1.82, 2.24) is 4.98 Å². The maximum Gasteiger partial charge on any atom is 0.339 e. The van der Waals surface area contributed by atoms with Gasteiger partial charge in [-0.05, 0) is 11.6 Å². The van der Waals surface area contributed by atoms with Crippen molar-refractivity contribution in [3.05, 3.63) is 39.0 Å². The number of ether oxygens (including phenoxy) is 1. The number of rotatable bonds is 2. The maximum absolute atomic E-state index is 11.2. The molecular formula is C10H7ClN4O2. The van der Waals surface area contributed by atoms with E-state index in [9.17, 15) is 4.79 Å². The summed E-state index contributed by atoms with van der Waals surface area (Å²) in [6.07, 6.45) is 1.30. The zero-order chi connectivity index (χ0) is 12.7. The minimum atomic E-state index is -0.521. The standard InChI is InChI=1S/C10H7ClN4O2/c1-17-10(16)8-5-7(9(11)13-6-8)3-2-4-14-15-12/h5-6H,4H2,1H3. The highest BCUT2D eigenvalue weighted by Gasteiger charge is 2.08. The van der Waals surface area contributed by atoms with Gasteiger partial charge in [-0.1, -0.05) is 28.6 Å². The Balaban J connectivity index is 3.00. The van der Waals surface area contributed by atoms with E-state index < -0.39 is 5.97 Å². The first-order valence-corrected chi connectivity index (χ1v) is 4.80. The van der Waals surface area contributed by atoms with Gasteiger partial charge in [0, 0.05) is 11.1 Å². The van der Waals surface area contributed by atoms with Crippen LogP contribution in [0.4, 0.5) is 0 Å². The Morgan fingerprint density at radius 2 is 2.53 bits per heavy atom. The molecule has 0 saturated heterocycles. The van der Waals surface area contributed by atoms with Crippen LogP contribution in [0.5, 0.6) is 0 Å². The van der Waals surface area contributed by atoms with Crippen molar-refractivity contribution in [2.24, 2.45) is 5.11 Å². The fraction of sp³-hybridized carbons (Fsp3) is 0.200. The summed E-state index contributed by atoms with van der Waals surface area (Å²) < 4.78 is 4.54. The van der Waals surface area contributed by atoms with E-state index >= 15 is 0 Å². The van der Waals surface area contributed by atoms with Crippen LogP contribution in [0.25, 0.3) is 10.4 Å². The van der Waals surface area contributed by atoms with E-state index in [0.717, 1.165) is 0 Å². The van der Waals surface area contributed by atoms with Crippen molar-refractivity contribution in [2.45, 2.75) is 0 Å². The van der Waals surface area contributed by atoms with Crippen LogP contribution in [-0.2, 0) is 4.74 Å². The summed E-state index contributed by atoms with van der Waals surface area (Å²) in [5.41, 5.74) is 8.69. The van der Waals surface area contributed by atoms with Gasteiger partial charge in [0.2, 0.25) is 0 Å². The highest BCUT2D eigenvalue weighted by Crippen LogP contribution is 2.13. The first-order chi connectivity index (χ1) is 8.19. The molecule has 0 radical (unpaired) electrons. The molecule has 0 aliphatic rings. The Hall–Kier alpha value is -2.22. The Labute approximate surface area is 102 Å². The number of carbonyl (C=O) groups is 1. The van der Waals surface area contributed by atoms with Gasteiger partial charge in [0.15, 0.2) is 0 Å². The second-order valence-corrected chi connectivity index (χ2v) is 3.10. The smallest absolute Gasteiger partial charge is 0.339 e. The van der Waals surface area contributed by atoms with Gasteiger partial charge in [-0.25, -0.2) is 9.78 Å². The third kappa shape index (κ3) is 3.68. The number of azide groups is 1. The maximum atomic E-state index is 11.2. The molecule has 0 amide bonds. The molecule has 7 heteroatoms. The molecule has 1 aromatic rings. The molecule has 6 nitrogen and oxygen atoms in total. The predicted octanol–water partition coefficient (Wildman–Crippen LogP) is 2.18. The molecule has 0 saturated carbocycles. The lowest BCUT2D eigenvalue weighted by Gasteiger charge is -2.00. The minimum Gasteiger partial charge on any atom is -0.465 e. The first kappa shape index (κ1) is 12.8. The van der Waals surface area contributed by atoms with Crippen LogP contribution >= 0.6 is 11.6 Å². The second kappa shape index (κ2) is 6.38. The number of hydrogen-bond acceptors (Lipinski definition) is 4. The highest BCUT2D eigenvalue weighted by molar-refractivity contribution is 6.30. The van der Waals surface area contributed by atoms with Crippen LogP contribution in [0.3, 0.4) is 0 Å². The number of nitrogens with zero attached hydrogens (tertiary/aromatic N) is 4. The molecule has 1 rings (SSSR count). The number of halogens is 1. The summed E-state index contributed by atoms with van der Waals surface area (Å²) in [6, 6.07) is 1.46. The number of aromatic nitrogens is 1. The number of methoxy groups -OCH3 is 1. The monoisotopic (exact) mass is 250 g/mol. The van der Waals surface area contributed by atoms with E-state index in [-0.39, 0.29) is 17.3 Å². The highest BCUT2D eigenvalue weighted by atomic mass is 35.5. The van der Waals surface area contributed by atoms with Crippen LogP contribution < -0.4 is 0 Å². The third-order valence-corrected chi connectivity index (χ3v) is 2.00. The average Bonchev–Trinajstić information content (AvgIpc) is 2.35. The van der Waals surface area contributed by atoms with Gasteiger partial charge in [-0.15, -0.1) is 0 Å². The summed E-state index contributed by atoms with van der Waals surface area (Å²) in [6.45, 7) is 0.0231. The Bertz CT molecular complexity index is 541. The molecule has 1 aromatic heterocycles. The summed E-state index contributed by atoms with van der Waals surface area (Å²) >= 11 is 5.79. The SMILES string of the molecule is COC(=O)c1cnc(Cl)c(C#CCN=[N+]=[N-])c1. The van der Waals surface area contributed by atoms with Gasteiger partial charge in [0.1, 0.15) is 5.15 Å². The zero-order valence-electron chi connectivity index (χ0n) is 8.85. The van der Waals surface area contributed by atoms with Crippen LogP contribution in [0.2, 0.25) is 5.15 Å². The molecule has 0 N–H and O–H groups in total. The summed E-state index contributed by atoms with van der Waals surface area (Å²) in [5, 5.41) is 3.41. The predicted molar refractivity (Wildman–Crippen MR) is 61.5 cm³/mol. The molecule has 0 aliphatic heterocycles. The molecule has 0 spiro atoms. The van der Waals surface area contributed by atoms with Crippen molar-refractivity contribution < 1.29 is 9.53 Å².